The molecule has 0 unspecified atom stereocenters. The van der Waals surface area contributed by atoms with Crippen LogP contribution in [0.4, 0.5) is 0 Å². The van der Waals surface area contributed by atoms with E-state index in [-0.39, 0.29) is 0 Å². The Kier molecular flexibility index (Phi) is 10.00. The Morgan fingerprint density at radius 2 is 1.07 bits per heavy atom. The fourth-order valence-electron chi connectivity index (χ4n) is 2.68. The van der Waals surface area contributed by atoms with Gasteiger partial charge in [-0.05, 0) is 63.1 Å². The molecular weight excluding hydrogens is 384 g/mol. The molecule has 0 aliphatic rings. The lowest BCUT2D eigenvalue weighted by Gasteiger charge is -2.12. The van der Waals surface area contributed by atoms with Gasteiger partial charge in [-0.15, -0.1) is 0 Å². The van der Waals surface area contributed by atoms with Gasteiger partial charge in [-0.3, -0.25) is 9.59 Å². The fraction of sp³-hybridized carbons (Fsp3) is 0.333. The molecule has 6 nitrogen and oxygen atoms in total. The van der Waals surface area contributed by atoms with Crippen LogP contribution in [0.25, 0.3) is 0 Å². The molecule has 2 rings (SSSR count). The Bertz CT molecular complexity index is 774. The Balaban J connectivity index is 1.74. The Hall–Kier alpha value is -3.28. The lowest BCUT2D eigenvalue weighted by Crippen LogP contribution is -2.01. The zero-order valence-corrected chi connectivity index (χ0v) is 17.5. The number of carbonyl (C=O) groups is 2. The zero-order valence-electron chi connectivity index (χ0n) is 17.5. The van der Waals surface area contributed by atoms with Gasteiger partial charge in [-0.2, -0.15) is 0 Å². The third-order valence-electron chi connectivity index (χ3n) is 4.06. The van der Waals surface area contributed by atoms with E-state index in [2.05, 4.69) is 0 Å². The first-order valence-electron chi connectivity index (χ1n) is 10.1. The minimum absolute atomic E-state index is 0.500. The summed E-state index contributed by atoms with van der Waals surface area (Å²) in [6, 6.07) is 10.3. The van der Waals surface area contributed by atoms with Gasteiger partial charge in [-0.25, -0.2) is 0 Å². The minimum atomic E-state index is 0.500. The van der Waals surface area contributed by atoms with Crippen LogP contribution in [-0.4, -0.2) is 39.0 Å². The molecule has 0 saturated carbocycles. The second-order valence-electron chi connectivity index (χ2n) is 6.26. The second-order valence-corrected chi connectivity index (χ2v) is 6.26. The van der Waals surface area contributed by atoms with E-state index >= 15 is 0 Å². The SMILES string of the molecule is CCOc1cc(C=O)ccc1OCCC=CCCOc1ccc(C=O)cc1OCC. The van der Waals surface area contributed by atoms with E-state index in [0.717, 1.165) is 25.4 Å². The molecule has 2 aromatic rings. The number of ether oxygens (including phenoxy) is 4. The first kappa shape index (κ1) is 23.0. The van der Waals surface area contributed by atoms with E-state index in [1.54, 1.807) is 36.4 Å². The topological polar surface area (TPSA) is 71.1 Å². The van der Waals surface area contributed by atoms with E-state index in [4.69, 9.17) is 18.9 Å². The molecule has 0 N–H and O–H groups in total. The molecule has 0 atom stereocenters. The van der Waals surface area contributed by atoms with Gasteiger partial charge in [0.25, 0.3) is 0 Å². The normalized spacial score (nSPS) is 10.6. The number of hydrogen-bond donors (Lipinski definition) is 0. The fourth-order valence-corrected chi connectivity index (χ4v) is 2.68. The molecule has 30 heavy (non-hydrogen) atoms. The molecule has 6 heteroatoms. The van der Waals surface area contributed by atoms with Crippen LogP contribution in [0.2, 0.25) is 0 Å². The van der Waals surface area contributed by atoms with Gasteiger partial charge in [0.1, 0.15) is 12.6 Å². The number of rotatable bonds is 14. The predicted molar refractivity (Wildman–Crippen MR) is 115 cm³/mol. The van der Waals surface area contributed by atoms with Crippen molar-refractivity contribution in [1.82, 2.24) is 0 Å². The van der Waals surface area contributed by atoms with Crippen molar-refractivity contribution >= 4 is 12.6 Å². The van der Waals surface area contributed by atoms with E-state index in [9.17, 15) is 9.59 Å². The highest BCUT2D eigenvalue weighted by molar-refractivity contribution is 5.76. The van der Waals surface area contributed by atoms with Crippen molar-refractivity contribution in [2.45, 2.75) is 26.7 Å². The highest BCUT2D eigenvalue weighted by Gasteiger charge is 2.07. The van der Waals surface area contributed by atoms with Gasteiger partial charge < -0.3 is 18.9 Å². The smallest absolute Gasteiger partial charge is 0.161 e. The van der Waals surface area contributed by atoms with Crippen molar-refractivity contribution in [3.63, 3.8) is 0 Å². The summed E-state index contributed by atoms with van der Waals surface area (Å²) in [5, 5.41) is 0. The standard InChI is InChI=1S/C24H28O6/c1-3-27-23-15-19(17-25)9-11-21(23)29-13-7-5-6-8-14-30-22-12-10-20(18-26)16-24(22)28-4-2/h5-6,9-12,15-18H,3-4,7-8,13-14H2,1-2H3. The number of benzene rings is 2. The van der Waals surface area contributed by atoms with Crippen molar-refractivity contribution in [3.8, 4) is 23.0 Å². The van der Waals surface area contributed by atoms with Gasteiger partial charge >= 0.3 is 0 Å². The molecule has 2 aromatic carbocycles. The summed E-state index contributed by atoms with van der Waals surface area (Å²) < 4.78 is 22.6. The largest absolute Gasteiger partial charge is 0.490 e. The molecular formula is C24H28O6. The molecule has 0 bridgehead atoms. The molecule has 0 radical (unpaired) electrons. The van der Waals surface area contributed by atoms with Gasteiger partial charge in [0.2, 0.25) is 0 Å². The van der Waals surface area contributed by atoms with E-state index < -0.39 is 0 Å². The monoisotopic (exact) mass is 412 g/mol. The van der Waals surface area contributed by atoms with Crippen LogP contribution in [0.5, 0.6) is 23.0 Å². The first-order chi connectivity index (χ1) is 14.7. The summed E-state index contributed by atoms with van der Waals surface area (Å²) in [5.41, 5.74) is 1.11. The van der Waals surface area contributed by atoms with Crippen LogP contribution < -0.4 is 18.9 Å². The van der Waals surface area contributed by atoms with Crippen LogP contribution in [0.3, 0.4) is 0 Å². The Morgan fingerprint density at radius 3 is 1.43 bits per heavy atom. The molecule has 0 spiro atoms. The van der Waals surface area contributed by atoms with Crippen LogP contribution in [0.1, 0.15) is 47.4 Å². The maximum Gasteiger partial charge on any atom is 0.161 e. The predicted octanol–water partition coefficient (Wildman–Crippen LogP) is 4.90. The quantitative estimate of drug-likeness (QED) is 0.250. The van der Waals surface area contributed by atoms with Crippen molar-refractivity contribution < 1.29 is 28.5 Å². The average molecular weight is 412 g/mol. The van der Waals surface area contributed by atoms with Crippen molar-refractivity contribution in [2.75, 3.05) is 26.4 Å². The van der Waals surface area contributed by atoms with Crippen molar-refractivity contribution in [2.24, 2.45) is 0 Å². The average Bonchev–Trinajstić information content (AvgIpc) is 2.77. The zero-order chi connectivity index (χ0) is 21.6. The van der Waals surface area contributed by atoms with Crippen molar-refractivity contribution in [3.05, 3.63) is 59.7 Å². The molecule has 0 aliphatic heterocycles. The second kappa shape index (κ2) is 13.0. The van der Waals surface area contributed by atoms with Gasteiger partial charge in [0.05, 0.1) is 26.4 Å². The number of aldehydes is 2. The molecule has 0 aromatic heterocycles. The maximum absolute atomic E-state index is 10.9. The Morgan fingerprint density at radius 1 is 0.633 bits per heavy atom. The number of carbonyl (C=O) groups excluding carboxylic acids is 2. The van der Waals surface area contributed by atoms with Crippen LogP contribution in [0.15, 0.2) is 48.6 Å². The molecule has 160 valence electrons. The van der Waals surface area contributed by atoms with E-state index in [0.29, 0.717) is 60.6 Å². The molecule has 0 fully saturated rings. The van der Waals surface area contributed by atoms with Gasteiger partial charge in [0, 0.05) is 11.1 Å². The van der Waals surface area contributed by atoms with Crippen molar-refractivity contribution in [1.29, 1.82) is 0 Å². The lowest BCUT2D eigenvalue weighted by molar-refractivity contribution is 0.111. The lowest BCUT2D eigenvalue weighted by atomic mass is 10.2. The van der Waals surface area contributed by atoms with Crippen LogP contribution >= 0.6 is 0 Å². The first-order valence-corrected chi connectivity index (χ1v) is 10.1. The van der Waals surface area contributed by atoms with Crippen LogP contribution in [0, 0.1) is 0 Å². The molecule has 0 heterocycles. The summed E-state index contributed by atoms with van der Waals surface area (Å²) in [5.74, 6) is 2.40. The maximum atomic E-state index is 10.9. The number of hydrogen-bond acceptors (Lipinski definition) is 6. The van der Waals surface area contributed by atoms with E-state index in [1.165, 1.54) is 0 Å². The van der Waals surface area contributed by atoms with Gasteiger partial charge in [0.15, 0.2) is 23.0 Å². The summed E-state index contributed by atoms with van der Waals surface area (Å²) in [6.07, 6.45) is 7.10. The third kappa shape index (κ3) is 7.28. The summed E-state index contributed by atoms with van der Waals surface area (Å²) in [4.78, 5) is 21.8. The van der Waals surface area contributed by atoms with Crippen LogP contribution in [-0.2, 0) is 0 Å². The summed E-state index contributed by atoms with van der Waals surface area (Å²) in [6.45, 7) is 5.77. The van der Waals surface area contributed by atoms with E-state index in [1.807, 2.05) is 26.0 Å². The third-order valence-corrected chi connectivity index (χ3v) is 4.06. The summed E-state index contributed by atoms with van der Waals surface area (Å²) in [7, 11) is 0. The minimum Gasteiger partial charge on any atom is -0.490 e. The molecule has 0 aliphatic carbocycles. The highest BCUT2D eigenvalue weighted by Crippen LogP contribution is 2.29. The van der Waals surface area contributed by atoms with Gasteiger partial charge in [-0.1, -0.05) is 12.2 Å². The summed E-state index contributed by atoms with van der Waals surface area (Å²) >= 11 is 0. The molecule has 0 amide bonds. The highest BCUT2D eigenvalue weighted by atomic mass is 16.5. The molecule has 0 saturated heterocycles. The Labute approximate surface area is 177 Å².